The van der Waals surface area contributed by atoms with Gasteiger partial charge in [-0.3, -0.25) is 16.0 Å². The van der Waals surface area contributed by atoms with Crippen molar-refractivity contribution in [2.24, 2.45) is 24.2 Å². The van der Waals surface area contributed by atoms with Crippen LogP contribution in [0, 0.1) is 11.3 Å². The number of aryl methyl sites for hydroxylation is 1. The van der Waals surface area contributed by atoms with Crippen LogP contribution >= 0.6 is 0 Å². The molecule has 2 unspecified atom stereocenters. The minimum Gasteiger partial charge on any atom is -0.276 e. The molecule has 2 rings (SSSR count). The Kier molecular flexibility index (Phi) is 4.07. The molecule has 102 valence electrons. The number of aromatic nitrogens is 2. The van der Waals surface area contributed by atoms with Gasteiger partial charge in [0.05, 0.1) is 6.20 Å². The molecule has 0 amide bonds. The SMILES string of the molecule is Cn1cc(CC(NN)C2CCCCC2(C)C)cn1. The van der Waals surface area contributed by atoms with E-state index >= 15 is 0 Å². The van der Waals surface area contributed by atoms with Gasteiger partial charge in [0.25, 0.3) is 0 Å². The number of nitrogens with two attached hydrogens (primary N) is 1. The highest BCUT2D eigenvalue weighted by atomic mass is 15.2. The van der Waals surface area contributed by atoms with Gasteiger partial charge in [-0.15, -0.1) is 0 Å². The molecule has 2 atom stereocenters. The maximum atomic E-state index is 5.80. The van der Waals surface area contributed by atoms with Crippen molar-refractivity contribution < 1.29 is 0 Å². The van der Waals surface area contributed by atoms with Crippen LogP contribution in [0.2, 0.25) is 0 Å². The molecule has 1 aromatic rings. The third kappa shape index (κ3) is 2.93. The van der Waals surface area contributed by atoms with Crippen LogP contribution in [0.4, 0.5) is 0 Å². The topological polar surface area (TPSA) is 55.9 Å². The molecule has 4 heteroatoms. The third-order valence-corrected chi connectivity index (χ3v) is 4.50. The Hall–Kier alpha value is -0.870. The lowest BCUT2D eigenvalue weighted by atomic mass is 9.65. The summed E-state index contributed by atoms with van der Waals surface area (Å²) in [6.07, 6.45) is 10.3. The largest absolute Gasteiger partial charge is 0.276 e. The molecule has 1 aromatic heterocycles. The zero-order valence-electron chi connectivity index (χ0n) is 11.8. The lowest BCUT2D eigenvalue weighted by Gasteiger charge is -2.43. The molecule has 1 aliphatic carbocycles. The number of hydrogen-bond donors (Lipinski definition) is 2. The van der Waals surface area contributed by atoms with Gasteiger partial charge < -0.3 is 0 Å². The number of rotatable bonds is 4. The molecule has 0 saturated heterocycles. The van der Waals surface area contributed by atoms with Gasteiger partial charge in [0, 0.05) is 19.3 Å². The molecule has 3 N–H and O–H groups in total. The van der Waals surface area contributed by atoms with E-state index < -0.39 is 0 Å². The molecule has 0 aromatic carbocycles. The molecular weight excluding hydrogens is 224 g/mol. The van der Waals surface area contributed by atoms with Crippen LogP contribution in [0.15, 0.2) is 12.4 Å². The van der Waals surface area contributed by atoms with Crippen molar-refractivity contribution in [1.82, 2.24) is 15.2 Å². The summed E-state index contributed by atoms with van der Waals surface area (Å²) in [7, 11) is 1.96. The first-order valence-electron chi connectivity index (χ1n) is 6.96. The average Bonchev–Trinajstić information content (AvgIpc) is 2.72. The van der Waals surface area contributed by atoms with E-state index in [2.05, 4.69) is 30.6 Å². The Morgan fingerprint density at radius 1 is 1.56 bits per heavy atom. The van der Waals surface area contributed by atoms with Gasteiger partial charge in [0.1, 0.15) is 0 Å². The summed E-state index contributed by atoms with van der Waals surface area (Å²) in [6, 6.07) is 0.351. The highest BCUT2D eigenvalue weighted by molar-refractivity contribution is 5.07. The highest BCUT2D eigenvalue weighted by Gasteiger charge is 2.37. The lowest BCUT2D eigenvalue weighted by molar-refractivity contribution is 0.0982. The zero-order valence-corrected chi connectivity index (χ0v) is 11.8. The van der Waals surface area contributed by atoms with Crippen LogP contribution in [0.5, 0.6) is 0 Å². The Morgan fingerprint density at radius 3 is 2.89 bits per heavy atom. The Balaban J connectivity index is 2.07. The van der Waals surface area contributed by atoms with E-state index in [4.69, 9.17) is 5.84 Å². The summed E-state index contributed by atoms with van der Waals surface area (Å²) in [5.74, 6) is 6.45. The summed E-state index contributed by atoms with van der Waals surface area (Å²) >= 11 is 0. The zero-order chi connectivity index (χ0) is 13.2. The third-order valence-electron chi connectivity index (χ3n) is 4.50. The minimum atomic E-state index is 0.351. The van der Waals surface area contributed by atoms with Crippen LogP contribution in [-0.4, -0.2) is 15.8 Å². The number of hydrazine groups is 1. The van der Waals surface area contributed by atoms with Gasteiger partial charge in [-0.2, -0.15) is 5.10 Å². The minimum absolute atomic E-state index is 0.351. The van der Waals surface area contributed by atoms with Gasteiger partial charge in [0.15, 0.2) is 0 Å². The second-order valence-electron chi connectivity index (χ2n) is 6.34. The van der Waals surface area contributed by atoms with Crippen molar-refractivity contribution in [2.45, 2.75) is 52.0 Å². The Labute approximate surface area is 110 Å². The molecule has 18 heavy (non-hydrogen) atoms. The smallest absolute Gasteiger partial charge is 0.0522 e. The first kappa shape index (κ1) is 13.6. The molecule has 1 saturated carbocycles. The van der Waals surface area contributed by atoms with Gasteiger partial charge in [0.2, 0.25) is 0 Å². The summed E-state index contributed by atoms with van der Waals surface area (Å²) < 4.78 is 1.86. The maximum absolute atomic E-state index is 5.80. The number of nitrogens with zero attached hydrogens (tertiary/aromatic N) is 2. The summed E-state index contributed by atoms with van der Waals surface area (Å²) in [5, 5.41) is 4.23. The molecule has 1 heterocycles. The molecule has 0 spiro atoms. The Bertz CT molecular complexity index is 383. The summed E-state index contributed by atoms with van der Waals surface area (Å²) in [6.45, 7) is 4.76. The lowest BCUT2D eigenvalue weighted by Crippen LogP contribution is -2.48. The molecule has 0 bridgehead atoms. The van der Waals surface area contributed by atoms with Crippen LogP contribution in [-0.2, 0) is 13.5 Å². The van der Waals surface area contributed by atoms with E-state index in [9.17, 15) is 0 Å². The van der Waals surface area contributed by atoms with Crippen molar-refractivity contribution in [1.29, 1.82) is 0 Å². The number of hydrogen-bond acceptors (Lipinski definition) is 3. The first-order chi connectivity index (χ1) is 8.53. The van der Waals surface area contributed by atoms with E-state index in [0.29, 0.717) is 17.4 Å². The van der Waals surface area contributed by atoms with Crippen LogP contribution in [0.3, 0.4) is 0 Å². The van der Waals surface area contributed by atoms with E-state index in [-0.39, 0.29) is 0 Å². The second-order valence-corrected chi connectivity index (χ2v) is 6.34. The van der Waals surface area contributed by atoms with Gasteiger partial charge in [-0.1, -0.05) is 26.7 Å². The monoisotopic (exact) mass is 250 g/mol. The normalized spacial score (nSPS) is 25.0. The molecule has 1 fully saturated rings. The van der Waals surface area contributed by atoms with Gasteiger partial charge in [-0.25, -0.2) is 0 Å². The predicted octanol–water partition coefficient (Wildman–Crippen LogP) is 2.01. The fourth-order valence-electron chi connectivity index (χ4n) is 3.42. The van der Waals surface area contributed by atoms with E-state index in [1.54, 1.807) is 0 Å². The quantitative estimate of drug-likeness (QED) is 0.635. The van der Waals surface area contributed by atoms with Crippen LogP contribution in [0.1, 0.15) is 45.1 Å². The predicted molar refractivity (Wildman–Crippen MR) is 73.8 cm³/mol. The summed E-state index contributed by atoms with van der Waals surface area (Å²) in [4.78, 5) is 0. The van der Waals surface area contributed by atoms with Crippen molar-refractivity contribution in [3.8, 4) is 0 Å². The molecule has 0 aliphatic heterocycles. The van der Waals surface area contributed by atoms with E-state index in [1.807, 2.05) is 17.9 Å². The van der Waals surface area contributed by atoms with Gasteiger partial charge >= 0.3 is 0 Å². The second kappa shape index (κ2) is 5.41. The van der Waals surface area contributed by atoms with Crippen LogP contribution < -0.4 is 11.3 Å². The Morgan fingerprint density at radius 2 is 2.33 bits per heavy atom. The molecule has 4 nitrogen and oxygen atoms in total. The first-order valence-corrected chi connectivity index (χ1v) is 6.96. The van der Waals surface area contributed by atoms with Crippen molar-refractivity contribution >= 4 is 0 Å². The maximum Gasteiger partial charge on any atom is 0.0522 e. The molecule has 0 radical (unpaired) electrons. The highest BCUT2D eigenvalue weighted by Crippen LogP contribution is 2.42. The van der Waals surface area contributed by atoms with Crippen molar-refractivity contribution in [2.75, 3.05) is 0 Å². The number of nitrogens with one attached hydrogen (secondary N) is 1. The average molecular weight is 250 g/mol. The van der Waals surface area contributed by atoms with Crippen molar-refractivity contribution in [3.05, 3.63) is 18.0 Å². The standard InChI is InChI=1S/C14H26N4/c1-14(2)7-5-4-6-12(14)13(17-15)8-11-9-16-18(3)10-11/h9-10,12-13,17H,4-8,15H2,1-3H3. The van der Waals surface area contributed by atoms with E-state index in [0.717, 1.165) is 6.42 Å². The fourth-order valence-corrected chi connectivity index (χ4v) is 3.42. The molecule has 1 aliphatic rings. The van der Waals surface area contributed by atoms with Crippen molar-refractivity contribution in [3.63, 3.8) is 0 Å². The van der Waals surface area contributed by atoms with Gasteiger partial charge in [-0.05, 0) is 36.2 Å². The van der Waals surface area contributed by atoms with E-state index in [1.165, 1.54) is 31.2 Å². The summed E-state index contributed by atoms with van der Waals surface area (Å²) in [5.41, 5.74) is 4.70. The molecular formula is C14H26N4. The fraction of sp³-hybridized carbons (Fsp3) is 0.786. The van der Waals surface area contributed by atoms with Crippen LogP contribution in [0.25, 0.3) is 0 Å².